The zero-order valence-corrected chi connectivity index (χ0v) is 11.1. The Kier molecular flexibility index (Phi) is 7.91. The van der Waals surface area contributed by atoms with Crippen LogP contribution in [-0.4, -0.2) is 69.6 Å². The van der Waals surface area contributed by atoms with Crippen molar-refractivity contribution in [1.29, 1.82) is 0 Å². The molecule has 1 aliphatic rings. The lowest BCUT2D eigenvalue weighted by atomic mass is 10.3. The number of carbonyl (C=O) groups is 1. The molecule has 0 spiro atoms. The lowest BCUT2D eigenvalue weighted by Gasteiger charge is -2.15. The van der Waals surface area contributed by atoms with Gasteiger partial charge < -0.3 is 24.8 Å². The number of amides is 1. The molecular formula is C12H24N2O4. The van der Waals surface area contributed by atoms with E-state index in [-0.39, 0.29) is 11.9 Å². The number of likely N-dealkylation sites (tertiary alicyclic amines) is 1. The van der Waals surface area contributed by atoms with Gasteiger partial charge in [-0.3, -0.25) is 4.79 Å². The zero-order valence-electron chi connectivity index (χ0n) is 11.1. The van der Waals surface area contributed by atoms with Gasteiger partial charge in [-0.25, -0.2) is 0 Å². The normalized spacial score (nSPS) is 19.8. The van der Waals surface area contributed by atoms with Crippen molar-refractivity contribution in [2.75, 3.05) is 52.7 Å². The summed E-state index contributed by atoms with van der Waals surface area (Å²) in [4.78, 5) is 13.2. The lowest BCUT2D eigenvalue weighted by Crippen LogP contribution is -2.31. The number of ether oxygens (including phenoxy) is 3. The average molecular weight is 260 g/mol. The highest BCUT2D eigenvalue weighted by Crippen LogP contribution is 2.07. The van der Waals surface area contributed by atoms with Crippen LogP contribution in [0.5, 0.6) is 0 Å². The molecule has 0 bridgehead atoms. The number of hydrogen-bond acceptors (Lipinski definition) is 5. The molecule has 0 aromatic rings. The Balaban J connectivity index is 1.85. The molecule has 1 rings (SSSR count). The van der Waals surface area contributed by atoms with Gasteiger partial charge in [-0.15, -0.1) is 0 Å². The molecule has 1 saturated heterocycles. The first kappa shape index (κ1) is 15.4. The molecule has 1 atom stereocenters. The van der Waals surface area contributed by atoms with Crippen LogP contribution in [0, 0.1) is 0 Å². The first-order valence-corrected chi connectivity index (χ1v) is 6.50. The van der Waals surface area contributed by atoms with Crippen molar-refractivity contribution in [3.63, 3.8) is 0 Å². The van der Waals surface area contributed by atoms with E-state index >= 15 is 0 Å². The topological polar surface area (TPSA) is 74.0 Å². The van der Waals surface area contributed by atoms with Crippen molar-refractivity contribution >= 4 is 5.91 Å². The SMILES string of the molecule is CCOCCOCCOCCN1CC(N)CC1=O. The summed E-state index contributed by atoms with van der Waals surface area (Å²) in [5.41, 5.74) is 5.69. The summed E-state index contributed by atoms with van der Waals surface area (Å²) in [7, 11) is 0. The highest BCUT2D eigenvalue weighted by Gasteiger charge is 2.26. The van der Waals surface area contributed by atoms with Gasteiger partial charge in [-0.1, -0.05) is 0 Å². The van der Waals surface area contributed by atoms with E-state index in [9.17, 15) is 4.79 Å². The highest BCUT2D eigenvalue weighted by atomic mass is 16.5. The molecule has 1 unspecified atom stereocenters. The van der Waals surface area contributed by atoms with Crippen LogP contribution in [0.2, 0.25) is 0 Å². The molecule has 106 valence electrons. The Labute approximate surface area is 108 Å². The largest absolute Gasteiger partial charge is 0.379 e. The minimum atomic E-state index is -0.0144. The quantitative estimate of drug-likeness (QED) is 0.542. The van der Waals surface area contributed by atoms with E-state index in [2.05, 4.69) is 0 Å². The predicted octanol–water partition coefficient (Wildman–Crippen LogP) is -0.384. The summed E-state index contributed by atoms with van der Waals surface area (Å²) in [6.45, 7) is 6.78. The first-order chi connectivity index (χ1) is 8.74. The molecule has 2 N–H and O–H groups in total. The first-order valence-electron chi connectivity index (χ1n) is 6.50. The fourth-order valence-corrected chi connectivity index (χ4v) is 1.78. The zero-order chi connectivity index (χ0) is 13.2. The van der Waals surface area contributed by atoms with E-state index in [0.29, 0.717) is 59.2 Å². The van der Waals surface area contributed by atoms with Crippen molar-refractivity contribution in [3.05, 3.63) is 0 Å². The maximum Gasteiger partial charge on any atom is 0.224 e. The van der Waals surface area contributed by atoms with Gasteiger partial charge in [0.15, 0.2) is 0 Å². The van der Waals surface area contributed by atoms with E-state index in [0.717, 1.165) is 0 Å². The maximum atomic E-state index is 11.4. The third kappa shape index (κ3) is 6.30. The van der Waals surface area contributed by atoms with Gasteiger partial charge in [0.25, 0.3) is 0 Å². The second-order valence-electron chi connectivity index (χ2n) is 4.23. The third-order valence-electron chi connectivity index (χ3n) is 2.70. The van der Waals surface area contributed by atoms with E-state index in [1.54, 1.807) is 4.90 Å². The van der Waals surface area contributed by atoms with Crippen LogP contribution >= 0.6 is 0 Å². The van der Waals surface area contributed by atoms with E-state index < -0.39 is 0 Å². The number of hydrogen-bond donors (Lipinski definition) is 1. The Morgan fingerprint density at radius 1 is 1.17 bits per heavy atom. The van der Waals surface area contributed by atoms with Crippen molar-refractivity contribution in [2.24, 2.45) is 5.73 Å². The fraction of sp³-hybridized carbons (Fsp3) is 0.917. The lowest BCUT2D eigenvalue weighted by molar-refractivity contribution is -0.128. The number of nitrogens with two attached hydrogens (primary N) is 1. The molecular weight excluding hydrogens is 236 g/mol. The molecule has 6 nitrogen and oxygen atoms in total. The van der Waals surface area contributed by atoms with Crippen molar-refractivity contribution < 1.29 is 19.0 Å². The number of carbonyl (C=O) groups excluding carboxylic acids is 1. The van der Waals surface area contributed by atoms with Crippen molar-refractivity contribution in [2.45, 2.75) is 19.4 Å². The summed E-state index contributed by atoms with van der Waals surface area (Å²) in [6, 6.07) is -0.0144. The molecule has 1 fully saturated rings. The van der Waals surface area contributed by atoms with Crippen LogP contribution in [0.25, 0.3) is 0 Å². The fourth-order valence-electron chi connectivity index (χ4n) is 1.78. The molecule has 0 aromatic heterocycles. The van der Waals surface area contributed by atoms with Crippen LogP contribution in [0.4, 0.5) is 0 Å². The van der Waals surface area contributed by atoms with Gasteiger partial charge >= 0.3 is 0 Å². The summed E-state index contributed by atoms with van der Waals surface area (Å²) < 4.78 is 15.8. The second kappa shape index (κ2) is 9.27. The van der Waals surface area contributed by atoms with Gasteiger partial charge in [-0.05, 0) is 6.92 Å². The van der Waals surface area contributed by atoms with Gasteiger partial charge in [0, 0.05) is 32.2 Å². The summed E-state index contributed by atoms with van der Waals surface area (Å²) >= 11 is 0. The number of nitrogens with zero attached hydrogens (tertiary/aromatic N) is 1. The molecule has 1 aliphatic heterocycles. The van der Waals surface area contributed by atoms with Gasteiger partial charge in [-0.2, -0.15) is 0 Å². The maximum absolute atomic E-state index is 11.4. The van der Waals surface area contributed by atoms with E-state index in [4.69, 9.17) is 19.9 Å². The monoisotopic (exact) mass is 260 g/mol. The molecule has 0 saturated carbocycles. The number of rotatable bonds is 10. The van der Waals surface area contributed by atoms with Gasteiger partial charge in [0.1, 0.15) is 0 Å². The molecule has 6 heteroatoms. The average Bonchev–Trinajstić information content (AvgIpc) is 2.66. The summed E-state index contributed by atoms with van der Waals surface area (Å²) in [6.07, 6.45) is 0.459. The molecule has 0 radical (unpaired) electrons. The van der Waals surface area contributed by atoms with Crippen LogP contribution in [0.15, 0.2) is 0 Å². The van der Waals surface area contributed by atoms with Crippen molar-refractivity contribution in [3.8, 4) is 0 Å². The smallest absolute Gasteiger partial charge is 0.224 e. The molecule has 1 heterocycles. The Hall–Kier alpha value is -0.690. The van der Waals surface area contributed by atoms with E-state index in [1.165, 1.54) is 0 Å². The molecule has 0 aromatic carbocycles. The minimum absolute atomic E-state index is 0.0144. The Morgan fingerprint density at radius 2 is 1.78 bits per heavy atom. The standard InChI is InChI=1S/C12H24N2O4/c1-2-16-5-6-18-8-7-17-4-3-14-10-11(13)9-12(14)15/h11H,2-10,13H2,1H3. The molecule has 18 heavy (non-hydrogen) atoms. The second-order valence-corrected chi connectivity index (χ2v) is 4.23. The summed E-state index contributed by atoms with van der Waals surface area (Å²) in [5, 5.41) is 0. The van der Waals surface area contributed by atoms with Gasteiger partial charge in [0.05, 0.1) is 33.0 Å². The van der Waals surface area contributed by atoms with Crippen LogP contribution < -0.4 is 5.73 Å². The highest BCUT2D eigenvalue weighted by molar-refractivity contribution is 5.79. The third-order valence-corrected chi connectivity index (χ3v) is 2.70. The van der Waals surface area contributed by atoms with E-state index in [1.807, 2.05) is 6.92 Å². The molecule has 1 amide bonds. The van der Waals surface area contributed by atoms with Crippen LogP contribution in [0.1, 0.15) is 13.3 Å². The van der Waals surface area contributed by atoms with Crippen LogP contribution in [-0.2, 0) is 19.0 Å². The summed E-state index contributed by atoms with van der Waals surface area (Å²) in [5.74, 6) is 0.124. The molecule has 0 aliphatic carbocycles. The van der Waals surface area contributed by atoms with Crippen molar-refractivity contribution in [1.82, 2.24) is 4.90 Å². The van der Waals surface area contributed by atoms with Crippen LogP contribution in [0.3, 0.4) is 0 Å². The minimum Gasteiger partial charge on any atom is -0.379 e. The Bertz CT molecular complexity index is 238. The predicted molar refractivity (Wildman–Crippen MR) is 67.3 cm³/mol. The Morgan fingerprint density at radius 3 is 2.33 bits per heavy atom. The van der Waals surface area contributed by atoms with Gasteiger partial charge in [0.2, 0.25) is 5.91 Å².